The fourth-order valence-corrected chi connectivity index (χ4v) is 3.63. The number of nitrogens with one attached hydrogen (secondary N) is 1. The first kappa shape index (κ1) is 14.3. The van der Waals surface area contributed by atoms with Gasteiger partial charge in [0.1, 0.15) is 10.7 Å². The van der Waals surface area contributed by atoms with E-state index in [0.717, 1.165) is 4.47 Å². The first-order chi connectivity index (χ1) is 8.88. The summed E-state index contributed by atoms with van der Waals surface area (Å²) in [5, 5.41) is 0. The van der Waals surface area contributed by atoms with Crippen LogP contribution in [-0.2, 0) is 10.0 Å². The summed E-state index contributed by atoms with van der Waals surface area (Å²) >= 11 is 6.59. The Balaban J connectivity index is 2.33. The van der Waals surface area contributed by atoms with Gasteiger partial charge in [-0.2, -0.15) is 0 Å². The highest BCUT2D eigenvalue weighted by Gasteiger charge is 2.16. The molecule has 0 aliphatic carbocycles. The lowest BCUT2D eigenvalue weighted by Crippen LogP contribution is -2.13. The predicted octanol–water partition coefficient (Wildman–Crippen LogP) is 2.99. The molecule has 0 aliphatic heterocycles. The highest BCUT2D eigenvalue weighted by Crippen LogP contribution is 2.28. The van der Waals surface area contributed by atoms with Crippen molar-refractivity contribution >= 4 is 53.4 Å². The normalized spacial score (nSPS) is 11.3. The van der Waals surface area contributed by atoms with E-state index in [2.05, 4.69) is 41.6 Å². The van der Waals surface area contributed by atoms with E-state index in [1.807, 2.05) is 0 Å². The average molecular weight is 407 g/mol. The summed E-state index contributed by atoms with van der Waals surface area (Å²) in [6.07, 6.45) is 1.21. The van der Waals surface area contributed by atoms with Crippen LogP contribution in [0.3, 0.4) is 0 Å². The number of nitrogens with two attached hydrogens (primary N) is 1. The van der Waals surface area contributed by atoms with Gasteiger partial charge in [-0.1, -0.05) is 15.9 Å². The second kappa shape index (κ2) is 5.48. The van der Waals surface area contributed by atoms with Crippen molar-refractivity contribution in [1.29, 1.82) is 0 Å². The Labute approximate surface area is 127 Å². The molecule has 3 N–H and O–H groups in total. The molecule has 0 aliphatic rings. The van der Waals surface area contributed by atoms with Gasteiger partial charge in [-0.25, -0.2) is 13.4 Å². The number of nitrogens with zero attached hydrogens (tertiary/aromatic N) is 1. The molecule has 1 aromatic carbocycles. The summed E-state index contributed by atoms with van der Waals surface area (Å²) in [5.41, 5.74) is 5.87. The van der Waals surface area contributed by atoms with E-state index in [-0.39, 0.29) is 10.7 Å². The molecule has 0 fully saturated rings. The number of pyridine rings is 1. The topological polar surface area (TPSA) is 85.1 Å². The molecule has 8 heteroatoms. The van der Waals surface area contributed by atoms with Gasteiger partial charge in [-0.05, 0) is 46.3 Å². The molecule has 0 bridgehead atoms. The molecular formula is C11H9Br2N3O2S. The van der Waals surface area contributed by atoms with Crippen LogP contribution in [0.4, 0.5) is 11.5 Å². The number of hydrogen-bond acceptors (Lipinski definition) is 4. The van der Waals surface area contributed by atoms with Crippen LogP contribution in [0, 0.1) is 0 Å². The van der Waals surface area contributed by atoms with Crippen molar-refractivity contribution in [1.82, 2.24) is 4.98 Å². The second-order valence-corrected chi connectivity index (χ2v) is 7.10. The lowest BCUT2D eigenvalue weighted by molar-refractivity contribution is 0.601. The van der Waals surface area contributed by atoms with Gasteiger partial charge in [0.25, 0.3) is 10.0 Å². The van der Waals surface area contributed by atoms with Crippen LogP contribution < -0.4 is 10.5 Å². The molecule has 0 saturated heterocycles. The fourth-order valence-electron chi connectivity index (χ4n) is 1.33. The molecular weight excluding hydrogens is 398 g/mol. The number of halogens is 2. The van der Waals surface area contributed by atoms with Gasteiger partial charge in [0.2, 0.25) is 0 Å². The highest BCUT2D eigenvalue weighted by atomic mass is 79.9. The smallest absolute Gasteiger partial charge is 0.263 e. The molecule has 0 spiro atoms. The SMILES string of the molecule is Nc1ccc(S(=O)(=O)Nc2ccc(Br)cc2Br)cn1. The molecule has 0 saturated carbocycles. The molecule has 0 amide bonds. The predicted molar refractivity (Wildman–Crippen MR) is 81.3 cm³/mol. The van der Waals surface area contributed by atoms with Gasteiger partial charge in [-0.3, -0.25) is 4.72 Å². The number of benzene rings is 1. The monoisotopic (exact) mass is 405 g/mol. The minimum Gasteiger partial charge on any atom is -0.384 e. The maximum Gasteiger partial charge on any atom is 0.263 e. The van der Waals surface area contributed by atoms with Crippen LogP contribution >= 0.6 is 31.9 Å². The Hall–Kier alpha value is -1.12. The maximum atomic E-state index is 12.1. The molecule has 100 valence electrons. The first-order valence-corrected chi connectivity index (χ1v) is 8.15. The van der Waals surface area contributed by atoms with Crippen molar-refractivity contribution in [3.63, 3.8) is 0 Å². The summed E-state index contributed by atoms with van der Waals surface area (Å²) in [4.78, 5) is 3.82. The third kappa shape index (κ3) is 3.46. The number of sulfonamides is 1. The third-order valence-electron chi connectivity index (χ3n) is 2.24. The molecule has 0 unspecified atom stereocenters. The van der Waals surface area contributed by atoms with Crippen molar-refractivity contribution in [3.8, 4) is 0 Å². The summed E-state index contributed by atoms with van der Waals surface area (Å²) in [6, 6.07) is 7.97. The van der Waals surface area contributed by atoms with Gasteiger partial charge in [-0.15, -0.1) is 0 Å². The summed E-state index contributed by atoms with van der Waals surface area (Å²) in [7, 11) is -3.68. The molecule has 1 heterocycles. The van der Waals surface area contributed by atoms with E-state index >= 15 is 0 Å². The summed E-state index contributed by atoms with van der Waals surface area (Å²) < 4.78 is 28.2. The average Bonchev–Trinajstić information content (AvgIpc) is 2.33. The Morgan fingerprint density at radius 3 is 2.47 bits per heavy atom. The van der Waals surface area contributed by atoms with Gasteiger partial charge in [0.15, 0.2) is 0 Å². The number of anilines is 2. The molecule has 2 aromatic rings. The standard InChI is InChI=1S/C11H9Br2N3O2S/c12-7-1-3-10(9(13)5-7)16-19(17,18)8-2-4-11(14)15-6-8/h1-6,16H,(H2,14,15). The van der Waals surface area contributed by atoms with Crippen molar-refractivity contribution in [2.75, 3.05) is 10.5 Å². The number of aromatic nitrogens is 1. The van der Waals surface area contributed by atoms with Crippen molar-refractivity contribution < 1.29 is 8.42 Å². The molecule has 0 atom stereocenters. The van der Waals surface area contributed by atoms with E-state index in [1.54, 1.807) is 18.2 Å². The van der Waals surface area contributed by atoms with Crippen LogP contribution in [0.5, 0.6) is 0 Å². The molecule has 2 rings (SSSR count). The first-order valence-electron chi connectivity index (χ1n) is 5.08. The molecule has 0 radical (unpaired) electrons. The van der Waals surface area contributed by atoms with E-state index in [0.29, 0.717) is 10.2 Å². The zero-order chi connectivity index (χ0) is 14.0. The number of hydrogen-bond donors (Lipinski definition) is 2. The van der Waals surface area contributed by atoms with Gasteiger partial charge < -0.3 is 5.73 Å². The van der Waals surface area contributed by atoms with Crippen LogP contribution in [0.1, 0.15) is 0 Å². The minimum atomic E-state index is -3.68. The fraction of sp³-hybridized carbons (Fsp3) is 0. The third-order valence-corrected chi connectivity index (χ3v) is 4.75. The van der Waals surface area contributed by atoms with E-state index in [9.17, 15) is 8.42 Å². The molecule has 1 aromatic heterocycles. The van der Waals surface area contributed by atoms with Gasteiger partial charge in [0, 0.05) is 15.1 Å². The van der Waals surface area contributed by atoms with Crippen LogP contribution in [0.15, 0.2) is 50.4 Å². The Morgan fingerprint density at radius 2 is 1.89 bits per heavy atom. The molecule has 5 nitrogen and oxygen atoms in total. The second-order valence-electron chi connectivity index (χ2n) is 3.65. The quantitative estimate of drug-likeness (QED) is 0.820. The van der Waals surface area contributed by atoms with Crippen LogP contribution in [0.2, 0.25) is 0 Å². The van der Waals surface area contributed by atoms with E-state index in [4.69, 9.17) is 5.73 Å². The lowest BCUT2D eigenvalue weighted by Gasteiger charge is -2.09. The van der Waals surface area contributed by atoms with Gasteiger partial charge >= 0.3 is 0 Å². The lowest BCUT2D eigenvalue weighted by atomic mass is 10.3. The molecule has 19 heavy (non-hydrogen) atoms. The minimum absolute atomic E-state index is 0.0523. The van der Waals surface area contributed by atoms with Crippen LogP contribution in [0.25, 0.3) is 0 Å². The van der Waals surface area contributed by atoms with Crippen molar-refractivity contribution in [3.05, 3.63) is 45.5 Å². The summed E-state index contributed by atoms with van der Waals surface area (Å²) in [5.74, 6) is 0.267. The van der Waals surface area contributed by atoms with E-state index in [1.165, 1.54) is 18.3 Å². The van der Waals surface area contributed by atoms with E-state index < -0.39 is 10.0 Å². The maximum absolute atomic E-state index is 12.1. The Bertz CT molecular complexity index is 702. The largest absolute Gasteiger partial charge is 0.384 e. The Kier molecular flexibility index (Phi) is 4.12. The summed E-state index contributed by atoms with van der Waals surface area (Å²) in [6.45, 7) is 0. The Morgan fingerprint density at radius 1 is 1.16 bits per heavy atom. The van der Waals surface area contributed by atoms with Crippen molar-refractivity contribution in [2.45, 2.75) is 4.90 Å². The van der Waals surface area contributed by atoms with Crippen molar-refractivity contribution in [2.24, 2.45) is 0 Å². The zero-order valence-corrected chi connectivity index (χ0v) is 13.5. The zero-order valence-electron chi connectivity index (χ0n) is 9.47. The van der Waals surface area contributed by atoms with Gasteiger partial charge in [0.05, 0.1) is 5.69 Å². The van der Waals surface area contributed by atoms with Crippen LogP contribution in [-0.4, -0.2) is 13.4 Å². The highest BCUT2D eigenvalue weighted by molar-refractivity contribution is 9.11. The number of rotatable bonds is 3. The number of nitrogen functional groups attached to an aromatic ring is 1.